The van der Waals surface area contributed by atoms with Crippen LogP contribution in [-0.4, -0.2) is 15.0 Å². The van der Waals surface area contributed by atoms with Crippen molar-refractivity contribution in [2.45, 2.75) is 6.61 Å². The lowest BCUT2D eigenvalue weighted by Crippen LogP contribution is -2.06. The van der Waals surface area contributed by atoms with Crippen molar-refractivity contribution in [3.63, 3.8) is 0 Å². The molecule has 0 spiro atoms. The first-order valence-corrected chi connectivity index (χ1v) is 6.42. The molecule has 0 radical (unpaired) electrons. The number of anilines is 1. The van der Waals surface area contributed by atoms with E-state index in [0.29, 0.717) is 17.1 Å². The van der Waals surface area contributed by atoms with E-state index in [1.807, 2.05) is 24.3 Å². The van der Waals surface area contributed by atoms with E-state index in [-0.39, 0.29) is 24.0 Å². The number of nitriles is 1. The van der Waals surface area contributed by atoms with Gasteiger partial charge in [-0.05, 0) is 24.3 Å². The maximum absolute atomic E-state index is 9.38. The first-order valence-electron chi connectivity index (χ1n) is 6.42. The van der Waals surface area contributed by atoms with Crippen molar-refractivity contribution < 1.29 is 9.15 Å². The Kier molecular flexibility index (Phi) is 3.66. The maximum atomic E-state index is 9.38. The number of pyridine rings is 1. The summed E-state index contributed by atoms with van der Waals surface area (Å²) in [5, 5.41) is 9.38. The molecule has 3 heterocycles. The first-order chi connectivity index (χ1) is 10.8. The van der Waals surface area contributed by atoms with E-state index >= 15 is 0 Å². The van der Waals surface area contributed by atoms with Gasteiger partial charge in [0.1, 0.15) is 23.9 Å². The van der Waals surface area contributed by atoms with Crippen LogP contribution in [0.25, 0.3) is 11.5 Å². The van der Waals surface area contributed by atoms with Gasteiger partial charge in [-0.25, -0.2) is 4.98 Å². The molecular formula is C15H11N5O2. The van der Waals surface area contributed by atoms with Gasteiger partial charge in [-0.1, -0.05) is 6.07 Å². The molecule has 0 saturated heterocycles. The number of hydrogen-bond donors (Lipinski definition) is 1. The fourth-order valence-corrected chi connectivity index (χ4v) is 1.88. The standard InChI is InChI=1S/C15H11N5O2/c16-8-11-13(12-5-3-7-21-12)19-15(17)20-14(11)22-9-10-4-1-2-6-18-10/h1-7H,9H2,(H2,17,19,20). The Morgan fingerprint density at radius 2 is 2.14 bits per heavy atom. The molecule has 3 aromatic rings. The van der Waals surface area contributed by atoms with E-state index in [9.17, 15) is 5.26 Å². The van der Waals surface area contributed by atoms with Crippen molar-refractivity contribution in [3.8, 4) is 23.4 Å². The van der Waals surface area contributed by atoms with Gasteiger partial charge in [0.2, 0.25) is 11.8 Å². The summed E-state index contributed by atoms with van der Waals surface area (Å²) in [4.78, 5) is 12.2. The third kappa shape index (κ3) is 2.71. The maximum Gasteiger partial charge on any atom is 0.237 e. The molecule has 0 aliphatic carbocycles. The predicted octanol–water partition coefficient (Wildman–Crippen LogP) is 2.16. The quantitative estimate of drug-likeness (QED) is 0.784. The van der Waals surface area contributed by atoms with Crippen molar-refractivity contribution in [2.75, 3.05) is 5.73 Å². The van der Waals surface area contributed by atoms with Crippen LogP contribution >= 0.6 is 0 Å². The molecule has 7 nitrogen and oxygen atoms in total. The van der Waals surface area contributed by atoms with E-state index in [1.165, 1.54) is 6.26 Å². The van der Waals surface area contributed by atoms with Crippen LogP contribution in [0.15, 0.2) is 47.2 Å². The zero-order chi connectivity index (χ0) is 15.4. The third-order valence-electron chi connectivity index (χ3n) is 2.84. The highest BCUT2D eigenvalue weighted by Gasteiger charge is 2.18. The summed E-state index contributed by atoms with van der Waals surface area (Å²) in [7, 11) is 0. The summed E-state index contributed by atoms with van der Waals surface area (Å²) in [6.07, 6.45) is 3.15. The van der Waals surface area contributed by atoms with Gasteiger partial charge in [-0.15, -0.1) is 0 Å². The second-order valence-corrected chi connectivity index (χ2v) is 4.31. The number of hydrogen-bond acceptors (Lipinski definition) is 7. The fourth-order valence-electron chi connectivity index (χ4n) is 1.88. The molecule has 7 heteroatoms. The lowest BCUT2D eigenvalue weighted by molar-refractivity contribution is 0.288. The topological polar surface area (TPSA) is 111 Å². The minimum absolute atomic E-state index is 0.00132. The SMILES string of the molecule is N#Cc1c(OCc2ccccn2)nc(N)nc1-c1ccco1. The number of rotatable bonds is 4. The highest BCUT2D eigenvalue weighted by Crippen LogP contribution is 2.28. The largest absolute Gasteiger partial charge is 0.470 e. The zero-order valence-electron chi connectivity index (χ0n) is 11.4. The summed E-state index contributed by atoms with van der Waals surface area (Å²) in [5.41, 5.74) is 6.87. The van der Waals surface area contributed by atoms with Crippen molar-refractivity contribution in [1.29, 1.82) is 5.26 Å². The molecule has 108 valence electrons. The molecule has 0 unspecified atom stereocenters. The van der Waals surface area contributed by atoms with Crippen molar-refractivity contribution in [2.24, 2.45) is 0 Å². The lowest BCUT2D eigenvalue weighted by Gasteiger charge is -2.09. The van der Waals surface area contributed by atoms with Crippen LogP contribution in [0.3, 0.4) is 0 Å². The van der Waals surface area contributed by atoms with Crippen LogP contribution in [0.1, 0.15) is 11.3 Å². The molecule has 0 saturated carbocycles. The molecule has 0 atom stereocenters. The minimum Gasteiger partial charge on any atom is -0.470 e. The molecule has 0 bridgehead atoms. The normalized spacial score (nSPS) is 10.1. The van der Waals surface area contributed by atoms with Crippen molar-refractivity contribution >= 4 is 5.95 Å². The number of ether oxygens (including phenoxy) is 1. The number of aromatic nitrogens is 3. The lowest BCUT2D eigenvalue weighted by atomic mass is 10.2. The van der Waals surface area contributed by atoms with Gasteiger partial charge in [-0.2, -0.15) is 10.2 Å². The van der Waals surface area contributed by atoms with Crippen molar-refractivity contribution in [1.82, 2.24) is 15.0 Å². The average molecular weight is 293 g/mol. The highest BCUT2D eigenvalue weighted by molar-refractivity contribution is 5.65. The van der Waals surface area contributed by atoms with Gasteiger partial charge in [0.05, 0.1) is 12.0 Å². The van der Waals surface area contributed by atoms with Crippen molar-refractivity contribution in [3.05, 3.63) is 54.0 Å². The molecule has 0 aliphatic heterocycles. The molecule has 0 aromatic carbocycles. The fraction of sp³-hybridized carbons (Fsp3) is 0.0667. The van der Waals surface area contributed by atoms with Crippen LogP contribution < -0.4 is 10.5 Å². The molecule has 0 fully saturated rings. The van der Waals surface area contributed by atoms with Crippen LogP contribution in [0.4, 0.5) is 5.95 Å². The first kappa shape index (κ1) is 13.6. The van der Waals surface area contributed by atoms with Gasteiger partial charge in [0.25, 0.3) is 0 Å². The zero-order valence-corrected chi connectivity index (χ0v) is 11.4. The van der Waals surface area contributed by atoms with E-state index < -0.39 is 0 Å². The average Bonchev–Trinajstić information content (AvgIpc) is 3.07. The van der Waals surface area contributed by atoms with E-state index in [0.717, 1.165) is 0 Å². The molecule has 2 N–H and O–H groups in total. The van der Waals surface area contributed by atoms with Gasteiger partial charge < -0.3 is 14.9 Å². The Balaban J connectivity index is 1.96. The minimum atomic E-state index is 0.00132. The number of nitrogens with two attached hydrogens (primary N) is 1. The van der Waals surface area contributed by atoms with Gasteiger partial charge in [0, 0.05) is 6.20 Å². The Labute approximate surface area is 126 Å². The molecule has 3 aromatic heterocycles. The third-order valence-corrected chi connectivity index (χ3v) is 2.84. The second-order valence-electron chi connectivity index (χ2n) is 4.31. The summed E-state index contributed by atoms with van der Waals surface area (Å²) < 4.78 is 10.8. The summed E-state index contributed by atoms with van der Waals surface area (Å²) in [5.74, 6) is 0.529. The summed E-state index contributed by atoms with van der Waals surface area (Å²) in [6.45, 7) is 0.170. The van der Waals surface area contributed by atoms with Crippen LogP contribution in [0, 0.1) is 11.3 Å². The summed E-state index contributed by atoms with van der Waals surface area (Å²) >= 11 is 0. The monoisotopic (exact) mass is 293 g/mol. The van der Waals surface area contributed by atoms with E-state index in [4.69, 9.17) is 14.9 Å². The van der Waals surface area contributed by atoms with Crippen LogP contribution in [-0.2, 0) is 6.61 Å². The second kappa shape index (κ2) is 5.93. The van der Waals surface area contributed by atoms with Gasteiger partial charge in [0.15, 0.2) is 5.76 Å². The van der Waals surface area contributed by atoms with Gasteiger partial charge in [-0.3, -0.25) is 4.98 Å². The Morgan fingerprint density at radius 3 is 2.82 bits per heavy atom. The number of nitrogens with zero attached hydrogens (tertiary/aromatic N) is 4. The van der Waals surface area contributed by atoms with Crippen LogP contribution in [0.2, 0.25) is 0 Å². The predicted molar refractivity (Wildman–Crippen MR) is 77.4 cm³/mol. The number of furan rings is 1. The Morgan fingerprint density at radius 1 is 1.23 bits per heavy atom. The van der Waals surface area contributed by atoms with Gasteiger partial charge >= 0.3 is 0 Å². The van der Waals surface area contributed by atoms with Crippen LogP contribution in [0.5, 0.6) is 5.88 Å². The number of nitrogen functional groups attached to an aromatic ring is 1. The molecule has 0 aliphatic rings. The Bertz CT molecular complexity index is 810. The molecule has 3 rings (SSSR count). The molecular weight excluding hydrogens is 282 g/mol. The summed E-state index contributed by atoms with van der Waals surface area (Å²) in [6, 6.07) is 10.9. The molecule has 22 heavy (non-hydrogen) atoms. The molecule has 0 amide bonds. The van der Waals surface area contributed by atoms with E-state index in [1.54, 1.807) is 18.3 Å². The van der Waals surface area contributed by atoms with E-state index in [2.05, 4.69) is 15.0 Å². The smallest absolute Gasteiger partial charge is 0.237 e. The highest BCUT2D eigenvalue weighted by atomic mass is 16.5. The Hall–Kier alpha value is -3.40.